The number of halogens is 3. The summed E-state index contributed by atoms with van der Waals surface area (Å²) in [7, 11) is 0. The molecule has 1 aromatic carbocycles. The van der Waals surface area contributed by atoms with Crippen molar-refractivity contribution in [1.82, 2.24) is 34.9 Å². The van der Waals surface area contributed by atoms with E-state index in [4.69, 9.17) is 0 Å². The molecule has 2 aromatic heterocycles. The van der Waals surface area contributed by atoms with Crippen LogP contribution < -0.4 is 5.32 Å². The first-order chi connectivity index (χ1) is 20.1. The molecular formula is C29H32F3N7O3. The summed E-state index contributed by atoms with van der Waals surface area (Å²) in [4.78, 5) is 38.2. The molecule has 2 atom stereocenters. The number of carbonyl (C=O) groups is 2. The van der Waals surface area contributed by atoms with Crippen molar-refractivity contribution in [1.29, 1.82) is 0 Å². The molecule has 1 aliphatic carbocycles. The number of hydrogen-bond donors (Lipinski definition) is 2. The molecule has 13 heteroatoms. The highest BCUT2D eigenvalue weighted by molar-refractivity contribution is 5.96. The van der Waals surface area contributed by atoms with Crippen LogP contribution in [0.2, 0.25) is 0 Å². The SMILES string of the molecule is O=C(NCC(=O)N1CCC2C1CCN2C1CCC(O)(c2ccc(-n3cncn3)cn2)CC1)c1cccc(C(F)(F)F)c1. The second-order valence-corrected chi connectivity index (χ2v) is 11.3. The highest BCUT2D eigenvalue weighted by Gasteiger charge is 2.48. The number of carbonyl (C=O) groups excluding carboxylic acids is 2. The van der Waals surface area contributed by atoms with Gasteiger partial charge >= 0.3 is 6.18 Å². The number of benzene rings is 1. The molecule has 0 radical (unpaired) electrons. The highest BCUT2D eigenvalue weighted by atomic mass is 19.4. The smallest absolute Gasteiger partial charge is 0.384 e. The van der Waals surface area contributed by atoms with E-state index in [-0.39, 0.29) is 30.1 Å². The molecule has 4 heterocycles. The Morgan fingerprint density at radius 2 is 1.83 bits per heavy atom. The van der Waals surface area contributed by atoms with Gasteiger partial charge in [-0.2, -0.15) is 18.3 Å². The molecule has 6 rings (SSSR count). The topological polar surface area (TPSA) is 116 Å². The third-order valence-corrected chi connectivity index (χ3v) is 8.95. The number of amides is 2. The number of alkyl halides is 3. The molecule has 2 N–H and O–H groups in total. The maximum Gasteiger partial charge on any atom is 0.416 e. The van der Waals surface area contributed by atoms with Crippen LogP contribution in [0, 0.1) is 0 Å². The minimum Gasteiger partial charge on any atom is -0.384 e. The van der Waals surface area contributed by atoms with Gasteiger partial charge in [-0.15, -0.1) is 0 Å². The number of fused-ring (bicyclic) bond motifs is 1. The lowest BCUT2D eigenvalue weighted by molar-refractivity contribution is -0.137. The zero-order valence-electron chi connectivity index (χ0n) is 22.9. The van der Waals surface area contributed by atoms with Crippen molar-refractivity contribution in [2.75, 3.05) is 19.6 Å². The van der Waals surface area contributed by atoms with Crippen LogP contribution in [0.4, 0.5) is 13.2 Å². The summed E-state index contributed by atoms with van der Waals surface area (Å²) < 4.78 is 40.6. The predicted octanol–water partition coefficient (Wildman–Crippen LogP) is 2.92. The molecule has 2 unspecified atom stereocenters. The second kappa shape index (κ2) is 11.1. The number of rotatable bonds is 6. The minimum absolute atomic E-state index is 0.0368. The first kappa shape index (κ1) is 28.3. The van der Waals surface area contributed by atoms with Gasteiger partial charge in [0, 0.05) is 36.8 Å². The zero-order valence-corrected chi connectivity index (χ0v) is 22.9. The highest BCUT2D eigenvalue weighted by Crippen LogP contribution is 2.42. The van der Waals surface area contributed by atoms with Gasteiger partial charge in [-0.3, -0.25) is 19.5 Å². The van der Waals surface area contributed by atoms with Crippen molar-refractivity contribution >= 4 is 11.8 Å². The quantitative estimate of drug-likeness (QED) is 0.459. The van der Waals surface area contributed by atoms with Crippen LogP contribution in [0.15, 0.2) is 55.2 Å². The fourth-order valence-corrected chi connectivity index (χ4v) is 6.79. The second-order valence-electron chi connectivity index (χ2n) is 11.3. The van der Waals surface area contributed by atoms with Gasteiger partial charge in [-0.25, -0.2) is 9.67 Å². The lowest BCUT2D eigenvalue weighted by Crippen LogP contribution is -2.47. The van der Waals surface area contributed by atoms with E-state index in [2.05, 4.69) is 25.3 Å². The number of pyridine rings is 1. The van der Waals surface area contributed by atoms with Crippen molar-refractivity contribution in [3.05, 3.63) is 72.1 Å². The van der Waals surface area contributed by atoms with E-state index in [0.717, 1.165) is 50.0 Å². The van der Waals surface area contributed by atoms with Crippen LogP contribution in [0.25, 0.3) is 5.69 Å². The largest absolute Gasteiger partial charge is 0.416 e. The molecule has 3 fully saturated rings. The Kier molecular flexibility index (Phi) is 7.48. The van der Waals surface area contributed by atoms with Crippen LogP contribution >= 0.6 is 0 Å². The third kappa shape index (κ3) is 5.50. The number of aliphatic hydroxyl groups is 1. The van der Waals surface area contributed by atoms with Crippen molar-refractivity contribution in [2.24, 2.45) is 0 Å². The van der Waals surface area contributed by atoms with Crippen molar-refractivity contribution in [3.63, 3.8) is 0 Å². The van der Waals surface area contributed by atoms with Crippen molar-refractivity contribution < 1.29 is 27.9 Å². The fraction of sp³-hybridized carbons (Fsp3) is 0.483. The summed E-state index contributed by atoms with van der Waals surface area (Å²) in [6.45, 7) is 1.16. The van der Waals surface area contributed by atoms with Crippen LogP contribution in [0.1, 0.15) is 60.1 Å². The normalized spacial score (nSPS) is 26.3. The first-order valence-electron chi connectivity index (χ1n) is 14.2. The zero-order chi connectivity index (χ0) is 29.5. The molecule has 3 aliphatic rings. The fourth-order valence-electron chi connectivity index (χ4n) is 6.79. The van der Waals surface area contributed by atoms with E-state index in [1.807, 2.05) is 12.1 Å². The molecule has 0 bridgehead atoms. The van der Waals surface area contributed by atoms with Crippen LogP contribution in [-0.4, -0.2) is 84.2 Å². The Morgan fingerprint density at radius 1 is 1.05 bits per heavy atom. The summed E-state index contributed by atoms with van der Waals surface area (Å²) in [6.07, 6.45) is 4.63. The van der Waals surface area contributed by atoms with Gasteiger partial charge in [0.25, 0.3) is 5.91 Å². The number of nitrogens with zero attached hydrogens (tertiary/aromatic N) is 6. The van der Waals surface area contributed by atoms with E-state index < -0.39 is 23.2 Å². The number of likely N-dealkylation sites (tertiary alicyclic amines) is 2. The Labute approximate surface area is 240 Å². The summed E-state index contributed by atoms with van der Waals surface area (Å²) in [6, 6.07) is 8.43. The number of nitrogens with one attached hydrogen (secondary N) is 1. The van der Waals surface area contributed by atoms with E-state index >= 15 is 0 Å². The summed E-state index contributed by atoms with van der Waals surface area (Å²) in [5, 5.41) is 18.0. The molecular weight excluding hydrogens is 551 g/mol. The number of hydrogen-bond acceptors (Lipinski definition) is 7. The molecule has 2 saturated heterocycles. The Bertz CT molecular complexity index is 1420. The lowest BCUT2D eigenvalue weighted by atomic mass is 9.79. The maximum absolute atomic E-state index is 13.0. The van der Waals surface area contributed by atoms with E-state index in [9.17, 15) is 27.9 Å². The molecule has 2 amide bonds. The Hall–Kier alpha value is -3.84. The molecule has 1 saturated carbocycles. The summed E-state index contributed by atoms with van der Waals surface area (Å²) >= 11 is 0. The summed E-state index contributed by atoms with van der Waals surface area (Å²) in [5.74, 6) is -0.946. The van der Waals surface area contributed by atoms with Crippen LogP contribution in [-0.2, 0) is 16.6 Å². The van der Waals surface area contributed by atoms with Gasteiger partial charge in [0.2, 0.25) is 5.91 Å². The van der Waals surface area contributed by atoms with Gasteiger partial charge in [0.1, 0.15) is 18.3 Å². The van der Waals surface area contributed by atoms with Crippen LogP contribution in [0.3, 0.4) is 0 Å². The van der Waals surface area contributed by atoms with E-state index in [1.165, 1.54) is 18.5 Å². The third-order valence-electron chi connectivity index (χ3n) is 8.95. The average molecular weight is 584 g/mol. The molecule has 42 heavy (non-hydrogen) atoms. The number of aromatic nitrogens is 4. The van der Waals surface area contributed by atoms with E-state index in [1.54, 1.807) is 22.1 Å². The molecule has 2 aliphatic heterocycles. The molecule has 3 aromatic rings. The van der Waals surface area contributed by atoms with Crippen molar-refractivity contribution in [3.8, 4) is 5.69 Å². The monoisotopic (exact) mass is 583 g/mol. The van der Waals surface area contributed by atoms with Gasteiger partial charge in [0.15, 0.2) is 0 Å². The summed E-state index contributed by atoms with van der Waals surface area (Å²) in [5.41, 5.74) is -0.622. The van der Waals surface area contributed by atoms with Gasteiger partial charge in [-0.05, 0) is 68.9 Å². The standard InChI is InChI=1S/C29H32F3N7O3/c30-29(31,32)20-3-1-2-19(14-20)27(41)35-16-26(40)38-13-9-23-24(38)8-12-37(23)21-6-10-28(42,11-7-21)25-5-4-22(15-34-25)39-18-33-17-36-39/h1-5,14-15,17-18,21,23-24,42H,6-13,16H2,(H,35,41). The molecule has 10 nitrogen and oxygen atoms in total. The molecule has 0 spiro atoms. The Morgan fingerprint density at radius 3 is 2.52 bits per heavy atom. The van der Waals surface area contributed by atoms with Gasteiger partial charge < -0.3 is 15.3 Å². The van der Waals surface area contributed by atoms with Gasteiger partial charge in [0.05, 0.1) is 29.7 Å². The predicted molar refractivity (Wildman–Crippen MR) is 144 cm³/mol. The minimum atomic E-state index is -4.55. The van der Waals surface area contributed by atoms with Gasteiger partial charge in [-0.1, -0.05) is 6.07 Å². The van der Waals surface area contributed by atoms with E-state index in [0.29, 0.717) is 31.1 Å². The maximum atomic E-state index is 13.0. The molecule has 222 valence electrons. The van der Waals surface area contributed by atoms with Crippen LogP contribution in [0.5, 0.6) is 0 Å². The lowest BCUT2D eigenvalue weighted by Gasteiger charge is -2.41. The Balaban J connectivity index is 1.01. The van der Waals surface area contributed by atoms with Crippen molar-refractivity contribution in [2.45, 2.75) is 68.4 Å². The first-order valence-corrected chi connectivity index (χ1v) is 14.2. The average Bonchev–Trinajstić information content (AvgIpc) is 3.75.